The summed E-state index contributed by atoms with van der Waals surface area (Å²) in [6.45, 7) is 0. The Morgan fingerprint density at radius 1 is 0.871 bits per heavy atom. The lowest BCUT2D eigenvalue weighted by Crippen LogP contribution is -2.20. The van der Waals surface area contributed by atoms with Gasteiger partial charge in [0.1, 0.15) is 5.75 Å². The van der Waals surface area contributed by atoms with E-state index in [1.807, 2.05) is 0 Å². The molecule has 0 amide bonds. The van der Waals surface area contributed by atoms with Crippen LogP contribution in [0.25, 0.3) is 0 Å². The van der Waals surface area contributed by atoms with Crippen LogP contribution in [-0.4, -0.2) is 20.6 Å². The molecule has 0 bridgehead atoms. The molecule has 0 unspecified atom stereocenters. The van der Waals surface area contributed by atoms with Gasteiger partial charge in [-0.2, -0.15) is 0 Å². The largest absolute Gasteiger partial charge is 0.495 e. The zero-order chi connectivity index (χ0) is 22.6. The summed E-state index contributed by atoms with van der Waals surface area (Å²) >= 11 is 23.2. The van der Waals surface area contributed by atoms with E-state index in [1.54, 1.807) is 48.5 Å². The van der Waals surface area contributed by atoms with Gasteiger partial charge in [-0.05, 0) is 66.8 Å². The molecule has 0 atom stereocenters. The van der Waals surface area contributed by atoms with Crippen molar-refractivity contribution in [1.29, 1.82) is 0 Å². The normalized spacial score (nSPS) is 11.0. The molecule has 31 heavy (non-hydrogen) atoms. The third-order valence-electron chi connectivity index (χ3n) is 4.01. The highest BCUT2D eigenvalue weighted by molar-refractivity contribution is 7.92. The van der Waals surface area contributed by atoms with Gasteiger partial charge in [-0.3, -0.25) is 4.72 Å². The van der Waals surface area contributed by atoms with E-state index >= 15 is 0 Å². The second-order valence-electron chi connectivity index (χ2n) is 6.18. The molecule has 0 spiro atoms. The van der Waals surface area contributed by atoms with Gasteiger partial charge in [-0.1, -0.05) is 34.8 Å². The average molecular weight is 517 g/mol. The molecule has 0 saturated carbocycles. The zero-order valence-electron chi connectivity index (χ0n) is 15.9. The predicted molar refractivity (Wildman–Crippen MR) is 132 cm³/mol. The summed E-state index contributed by atoms with van der Waals surface area (Å²) in [7, 11) is -2.41. The van der Waals surface area contributed by atoms with Gasteiger partial charge in [0.05, 0.1) is 28.4 Å². The number of hydrogen-bond acceptors (Lipinski definition) is 4. The van der Waals surface area contributed by atoms with Crippen LogP contribution in [0.4, 0.5) is 17.1 Å². The van der Waals surface area contributed by atoms with Crippen molar-refractivity contribution < 1.29 is 13.2 Å². The van der Waals surface area contributed by atoms with Crippen LogP contribution >= 0.6 is 47.0 Å². The molecule has 11 heteroatoms. The second-order valence-corrected chi connectivity index (χ2v) is 9.55. The van der Waals surface area contributed by atoms with Crippen molar-refractivity contribution >= 4 is 79.2 Å². The first-order valence-electron chi connectivity index (χ1n) is 8.67. The Hall–Kier alpha value is -2.23. The van der Waals surface area contributed by atoms with Crippen molar-refractivity contribution in [2.75, 3.05) is 22.5 Å². The number of hydrogen-bond donors (Lipinski definition) is 3. The highest BCUT2D eigenvalue weighted by Crippen LogP contribution is 2.30. The summed E-state index contributed by atoms with van der Waals surface area (Å²) < 4.78 is 33.2. The minimum absolute atomic E-state index is 0.0180. The van der Waals surface area contributed by atoms with Crippen LogP contribution < -0.4 is 20.1 Å². The lowest BCUT2D eigenvalue weighted by Gasteiger charge is -2.16. The third kappa shape index (κ3) is 6.15. The molecule has 0 heterocycles. The molecule has 3 aromatic rings. The quantitative estimate of drug-likeness (QED) is 0.335. The second kappa shape index (κ2) is 9.93. The van der Waals surface area contributed by atoms with Crippen LogP contribution in [0.5, 0.6) is 5.75 Å². The lowest BCUT2D eigenvalue weighted by molar-refractivity contribution is 0.415. The number of rotatable bonds is 6. The first-order chi connectivity index (χ1) is 14.7. The smallest absolute Gasteiger partial charge is 0.262 e. The summed E-state index contributed by atoms with van der Waals surface area (Å²) in [6, 6.07) is 15.6. The molecule has 162 valence electrons. The molecular weight excluding hydrogens is 501 g/mol. The van der Waals surface area contributed by atoms with E-state index < -0.39 is 10.0 Å². The summed E-state index contributed by atoms with van der Waals surface area (Å²) in [5, 5.41) is 7.55. The Balaban J connectivity index is 1.77. The number of thiocarbonyl (C=S) groups is 1. The molecular formula is C20H16Cl3N3O3S2. The number of methoxy groups -OCH3 is 1. The van der Waals surface area contributed by atoms with Gasteiger partial charge < -0.3 is 15.4 Å². The number of sulfonamides is 1. The van der Waals surface area contributed by atoms with Crippen molar-refractivity contribution in [2.24, 2.45) is 0 Å². The molecule has 3 rings (SSSR count). The van der Waals surface area contributed by atoms with E-state index in [1.165, 1.54) is 19.2 Å². The molecule has 0 aliphatic carbocycles. The standard InChI is InChI=1S/C20H16Cl3N3O3S2/c1-29-19-11-15(31(27,28)26-14-5-2-12(21)3-6-14)7-9-18(19)25-20(30)24-17-8-4-13(22)10-16(17)23/h2-11,26H,1H3,(H2,24,25,30). The Morgan fingerprint density at radius 2 is 1.48 bits per heavy atom. The average Bonchev–Trinajstić information content (AvgIpc) is 2.72. The SMILES string of the molecule is COc1cc(S(=O)(=O)Nc2ccc(Cl)cc2)ccc1NC(=S)Nc1ccc(Cl)cc1Cl. The highest BCUT2D eigenvalue weighted by Gasteiger charge is 2.17. The van der Waals surface area contributed by atoms with Crippen LogP contribution in [0.2, 0.25) is 15.1 Å². The molecule has 6 nitrogen and oxygen atoms in total. The van der Waals surface area contributed by atoms with E-state index in [-0.39, 0.29) is 15.8 Å². The third-order valence-corrected chi connectivity index (χ3v) is 6.39. The molecule has 0 aromatic heterocycles. The van der Waals surface area contributed by atoms with Crippen LogP contribution in [-0.2, 0) is 10.0 Å². The van der Waals surface area contributed by atoms with Gasteiger partial charge in [-0.25, -0.2) is 8.42 Å². The van der Waals surface area contributed by atoms with Crippen LogP contribution in [0, 0.1) is 0 Å². The van der Waals surface area contributed by atoms with Gasteiger partial charge in [0.2, 0.25) is 0 Å². The Kier molecular flexibility index (Phi) is 7.51. The first-order valence-corrected chi connectivity index (χ1v) is 11.7. The minimum atomic E-state index is -3.84. The Bertz CT molecular complexity index is 1220. The van der Waals surface area contributed by atoms with E-state index in [0.29, 0.717) is 32.1 Å². The van der Waals surface area contributed by atoms with Gasteiger partial charge in [0.15, 0.2) is 5.11 Å². The van der Waals surface area contributed by atoms with Gasteiger partial charge in [-0.15, -0.1) is 0 Å². The summed E-state index contributed by atoms with van der Waals surface area (Å²) in [5.74, 6) is 0.283. The monoisotopic (exact) mass is 515 g/mol. The summed E-state index contributed by atoms with van der Waals surface area (Å²) in [6.07, 6.45) is 0. The molecule has 0 radical (unpaired) electrons. The zero-order valence-corrected chi connectivity index (χ0v) is 19.8. The van der Waals surface area contributed by atoms with E-state index in [0.717, 1.165) is 0 Å². The van der Waals surface area contributed by atoms with Crippen molar-refractivity contribution in [3.63, 3.8) is 0 Å². The number of benzene rings is 3. The molecule has 3 aromatic carbocycles. The van der Waals surface area contributed by atoms with Crippen LogP contribution in [0.1, 0.15) is 0 Å². The number of halogens is 3. The van der Waals surface area contributed by atoms with Gasteiger partial charge >= 0.3 is 0 Å². The van der Waals surface area contributed by atoms with Gasteiger partial charge in [0.25, 0.3) is 10.0 Å². The molecule has 3 N–H and O–H groups in total. The summed E-state index contributed by atoms with van der Waals surface area (Å²) in [4.78, 5) is 0.0180. The first kappa shape index (κ1) is 23.4. The molecule has 0 fully saturated rings. The fourth-order valence-corrected chi connectivity index (χ4v) is 4.42. The fraction of sp³-hybridized carbons (Fsp3) is 0.0500. The van der Waals surface area contributed by atoms with Crippen molar-refractivity contribution in [1.82, 2.24) is 0 Å². The topological polar surface area (TPSA) is 79.5 Å². The predicted octanol–water partition coefficient (Wildman–Crippen LogP) is 6.27. The maximum Gasteiger partial charge on any atom is 0.262 e. The van der Waals surface area contributed by atoms with E-state index in [2.05, 4.69) is 15.4 Å². The van der Waals surface area contributed by atoms with Gasteiger partial charge in [0, 0.05) is 21.8 Å². The van der Waals surface area contributed by atoms with Crippen molar-refractivity contribution in [3.8, 4) is 5.75 Å². The number of nitrogens with one attached hydrogen (secondary N) is 3. The lowest BCUT2D eigenvalue weighted by atomic mass is 10.3. The van der Waals surface area contributed by atoms with E-state index in [9.17, 15) is 8.42 Å². The molecule has 0 aliphatic rings. The fourth-order valence-electron chi connectivity index (χ4n) is 2.54. The minimum Gasteiger partial charge on any atom is -0.495 e. The Labute approximate surface area is 200 Å². The van der Waals surface area contributed by atoms with Crippen LogP contribution in [0.15, 0.2) is 65.6 Å². The molecule has 0 saturated heterocycles. The highest BCUT2D eigenvalue weighted by atomic mass is 35.5. The molecule has 0 aliphatic heterocycles. The van der Waals surface area contributed by atoms with Crippen molar-refractivity contribution in [3.05, 3.63) is 75.7 Å². The maximum atomic E-state index is 12.7. The Morgan fingerprint density at radius 3 is 2.13 bits per heavy atom. The van der Waals surface area contributed by atoms with Crippen LogP contribution in [0.3, 0.4) is 0 Å². The summed E-state index contributed by atoms with van der Waals surface area (Å²) in [5.41, 5.74) is 1.42. The maximum absolute atomic E-state index is 12.7. The van der Waals surface area contributed by atoms with Crippen molar-refractivity contribution in [2.45, 2.75) is 4.90 Å². The number of anilines is 3. The number of ether oxygens (including phenoxy) is 1. The van der Waals surface area contributed by atoms with E-state index in [4.69, 9.17) is 51.8 Å².